The first kappa shape index (κ1) is 26.2. The summed E-state index contributed by atoms with van der Waals surface area (Å²) in [7, 11) is 1.64. The molecular formula is C27H30F3N3O2. The molecule has 0 amide bonds. The third kappa shape index (κ3) is 6.00. The first-order valence-corrected chi connectivity index (χ1v) is 11.3. The molecule has 1 heterocycles. The van der Waals surface area contributed by atoms with Crippen LogP contribution in [-0.2, 0) is 11.2 Å². The van der Waals surface area contributed by atoms with Gasteiger partial charge in [0.15, 0.2) is 0 Å². The summed E-state index contributed by atoms with van der Waals surface area (Å²) >= 11 is 0. The van der Waals surface area contributed by atoms with Crippen molar-refractivity contribution in [2.24, 2.45) is 10.7 Å². The number of halogens is 3. The minimum Gasteiger partial charge on any atom is -0.478 e. The molecule has 5 nitrogen and oxygen atoms in total. The van der Waals surface area contributed by atoms with E-state index in [2.05, 4.69) is 4.99 Å². The summed E-state index contributed by atoms with van der Waals surface area (Å²) in [5.41, 5.74) is 7.11. The van der Waals surface area contributed by atoms with E-state index in [1.165, 1.54) is 20.0 Å². The number of rotatable bonds is 7. The molecule has 0 bridgehead atoms. The second-order valence-corrected chi connectivity index (χ2v) is 9.34. The molecular weight excluding hydrogens is 455 g/mol. The summed E-state index contributed by atoms with van der Waals surface area (Å²) in [4.78, 5) is 16.6. The maximum Gasteiger partial charge on any atom is 0.328 e. The molecule has 3 N–H and O–H groups in total. The van der Waals surface area contributed by atoms with Crippen molar-refractivity contribution in [2.75, 3.05) is 13.6 Å². The van der Waals surface area contributed by atoms with Gasteiger partial charge in [-0.05, 0) is 67.7 Å². The Morgan fingerprint density at radius 1 is 1.26 bits per heavy atom. The maximum absolute atomic E-state index is 15.4. The number of benzene rings is 2. The number of fused-ring (bicyclic) bond motifs is 1. The number of carboxylic acids is 1. The molecule has 1 aliphatic rings. The molecule has 0 saturated carbocycles. The van der Waals surface area contributed by atoms with E-state index in [4.69, 9.17) is 10.8 Å². The molecule has 0 aliphatic carbocycles. The predicted molar refractivity (Wildman–Crippen MR) is 133 cm³/mol. The number of nitrogens with two attached hydrogens (primary N) is 1. The summed E-state index contributed by atoms with van der Waals surface area (Å²) < 4.78 is 45.7. The van der Waals surface area contributed by atoms with Gasteiger partial charge in [0.25, 0.3) is 0 Å². The van der Waals surface area contributed by atoms with E-state index in [0.29, 0.717) is 17.6 Å². The zero-order chi connectivity index (χ0) is 25.9. The van der Waals surface area contributed by atoms with Crippen molar-refractivity contribution < 1.29 is 23.1 Å². The molecule has 2 atom stereocenters. The zero-order valence-electron chi connectivity index (χ0n) is 20.2. The fraction of sp³-hybridized carbons (Fsp3) is 0.333. The van der Waals surface area contributed by atoms with E-state index in [1.54, 1.807) is 30.3 Å². The molecule has 2 unspecified atom stereocenters. The number of aliphatic carboxylic acids is 1. The molecule has 186 valence electrons. The number of carboxylic acid groups (broad SMARTS) is 1. The predicted octanol–water partition coefficient (Wildman–Crippen LogP) is 5.15. The summed E-state index contributed by atoms with van der Waals surface area (Å²) in [6.45, 7) is 4.74. The molecule has 2 aromatic carbocycles. The molecule has 0 fully saturated rings. The molecule has 35 heavy (non-hydrogen) atoms. The van der Waals surface area contributed by atoms with Crippen LogP contribution >= 0.6 is 0 Å². The van der Waals surface area contributed by atoms with Crippen molar-refractivity contribution in [1.29, 1.82) is 0 Å². The van der Waals surface area contributed by atoms with E-state index < -0.39 is 29.3 Å². The molecule has 3 rings (SSSR count). The van der Waals surface area contributed by atoms with Crippen LogP contribution in [0.4, 0.5) is 13.2 Å². The van der Waals surface area contributed by atoms with E-state index in [0.717, 1.165) is 35.4 Å². The van der Waals surface area contributed by atoms with Gasteiger partial charge in [0.2, 0.25) is 0 Å². The van der Waals surface area contributed by atoms with Crippen LogP contribution in [0.5, 0.6) is 0 Å². The summed E-state index contributed by atoms with van der Waals surface area (Å²) in [6, 6.07) is 6.63. The average molecular weight is 486 g/mol. The van der Waals surface area contributed by atoms with Crippen LogP contribution in [0.25, 0.3) is 11.6 Å². The largest absolute Gasteiger partial charge is 0.478 e. The molecule has 2 aromatic rings. The van der Waals surface area contributed by atoms with Crippen LogP contribution in [0.15, 0.2) is 47.6 Å². The van der Waals surface area contributed by atoms with Crippen molar-refractivity contribution in [3.8, 4) is 0 Å². The van der Waals surface area contributed by atoms with Crippen LogP contribution in [-0.4, -0.2) is 47.5 Å². The Balaban J connectivity index is 2.20. The highest BCUT2D eigenvalue weighted by molar-refractivity contribution is 6.09. The molecule has 0 radical (unpaired) electrons. The first-order valence-electron chi connectivity index (χ1n) is 11.3. The quantitative estimate of drug-likeness (QED) is 0.420. The Bertz CT molecular complexity index is 1180. The molecule has 8 heteroatoms. The van der Waals surface area contributed by atoms with Crippen LogP contribution in [0.1, 0.15) is 54.6 Å². The third-order valence-electron chi connectivity index (χ3n) is 5.98. The molecule has 0 aromatic heterocycles. The Morgan fingerprint density at radius 2 is 1.91 bits per heavy atom. The first-order chi connectivity index (χ1) is 16.4. The van der Waals surface area contributed by atoms with Gasteiger partial charge in [0.1, 0.15) is 17.3 Å². The van der Waals surface area contributed by atoms with Crippen LogP contribution in [0.2, 0.25) is 0 Å². The molecule has 0 spiro atoms. The minimum absolute atomic E-state index is 0.0317. The normalized spacial score (nSPS) is 19.5. The van der Waals surface area contributed by atoms with E-state index >= 15 is 8.78 Å². The van der Waals surface area contributed by atoms with Crippen molar-refractivity contribution >= 4 is 23.8 Å². The van der Waals surface area contributed by atoms with Gasteiger partial charge in [-0.15, -0.1) is 0 Å². The van der Waals surface area contributed by atoms with Gasteiger partial charge >= 0.3 is 5.97 Å². The summed E-state index contributed by atoms with van der Waals surface area (Å²) in [5.74, 6) is -2.88. The summed E-state index contributed by atoms with van der Waals surface area (Å²) in [5, 5.41) is 8.83. The minimum atomic E-state index is -1.60. The highest BCUT2D eigenvalue weighted by Gasteiger charge is 2.39. The van der Waals surface area contributed by atoms with E-state index in [1.807, 2.05) is 13.0 Å². The lowest BCUT2D eigenvalue weighted by Crippen LogP contribution is -2.48. The summed E-state index contributed by atoms with van der Waals surface area (Å²) in [6.07, 6.45) is 5.57. The van der Waals surface area contributed by atoms with Gasteiger partial charge in [-0.2, -0.15) is 0 Å². The Hall–Kier alpha value is -3.39. The van der Waals surface area contributed by atoms with Gasteiger partial charge < -0.3 is 10.8 Å². The molecule has 1 aliphatic heterocycles. The number of carbonyl (C=O) groups is 1. The Morgan fingerprint density at radius 3 is 2.46 bits per heavy atom. The average Bonchev–Trinajstić information content (AvgIpc) is 2.76. The second kappa shape index (κ2) is 10.5. The van der Waals surface area contributed by atoms with Crippen molar-refractivity contribution in [3.05, 3.63) is 82.1 Å². The van der Waals surface area contributed by atoms with Gasteiger partial charge in [-0.1, -0.05) is 18.2 Å². The van der Waals surface area contributed by atoms with Crippen molar-refractivity contribution in [1.82, 2.24) is 4.90 Å². The van der Waals surface area contributed by atoms with E-state index in [-0.39, 0.29) is 23.7 Å². The maximum atomic E-state index is 15.4. The Kier molecular flexibility index (Phi) is 7.85. The third-order valence-corrected chi connectivity index (χ3v) is 5.98. The lowest BCUT2D eigenvalue weighted by molar-refractivity contribution is -0.131. The standard InChI is InChI=1S/C27H30F3N3O2/c1-16-9-19-12-18(20(13-31)14-32-4)6-7-21(19)26(33(16)15-27(2,3)30)25-22(28)10-17(11-23(25)29)5-8-24(34)35/h5-8,10-14,16,26H,9,15,31H2,1-4H3,(H,34,35)/b8-5+,20-13?,32-14?. The van der Waals surface area contributed by atoms with Crippen LogP contribution in [0, 0.1) is 11.6 Å². The number of hydrogen-bond donors (Lipinski definition) is 2. The lowest BCUT2D eigenvalue weighted by Gasteiger charge is -2.44. The number of aliphatic imine (C=N–C) groups is 1. The highest BCUT2D eigenvalue weighted by Crippen LogP contribution is 2.42. The Labute approximate surface area is 203 Å². The zero-order valence-corrected chi connectivity index (χ0v) is 20.2. The van der Waals surface area contributed by atoms with Crippen molar-refractivity contribution in [2.45, 2.75) is 44.9 Å². The van der Waals surface area contributed by atoms with Crippen LogP contribution < -0.4 is 5.73 Å². The van der Waals surface area contributed by atoms with E-state index in [9.17, 15) is 9.18 Å². The van der Waals surface area contributed by atoms with Crippen LogP contribution in [0.3, 0.4) is 0 Å². The number of nitrogens with zero attached hydrogens (tertiary/aromatic N) is 2. The highest BCUT2D eigenvalue weighted by atomic mass is 19.1. The smallest absolute Gasteiger partial charge is 0.328 e. The lowest BCUT2D eigenvalue weighted by atomic mass is 9.82. The van der Waals surface area contributed by atoms with Gasteiger partial charge in [-0.25, -0.2) is 18.0 Å². The second-order valence-electron chi connectivity index (χ2n) is 9.34. The SMILES string of the molecule is CN=CC(=CN)c1ccc2c(c1)CC(C)N(CC(C)(C)F)C2c1c(F)cc(/C=C/C(=O)O)cc1F. The fourth-order valence-corrected chi connectivity index (χ4v) is 4.58. The fourth-order valence-electron chi connectivity index (χ4n) is 4.58. The number of hydrogen-bond acceptors (Lipinski definition) is 4. The number of allylic oxidation sites excluding steroid dienone is 1. The van der Waals surface area contributed by atoms with Gasteiger partial charge in [-0.3, -0.25) is 9.89 Å². The van der Waals surface area contributed by atoms with Gasteiger partial charge in [0.05, 0.1) is 6.04 Å². The van der Waals surface area contributed by atoms with Crippen molar-refractivity contribution in [3.63, 3.8) is 0 Å². The number of alkyl halides is 1. The topological polar surface area (TPSA) is 78.9 Å². The van der Waals surface area contributed by atoms with Gasteiger partial charge in [0, 0.05) is 49.3 Å². The molecule has 0 saturated heterocycles. The monoisotopic (exact) mass is 485 g/mol.